The predicted molar refractivity (Wildman–Crippen MR) is 71.3 cm³/mol. The minimum atomic E-state index is -3.11. The first-order chi connectivity index (χ1) is 8.09. The summed E-state index contributed by atoms with van der Waals surface area (Å²) in [7, 11) is -3.11. The van der Waals surface area contributed by atoms with Gasteiger partial charge in [-0.25, -0.2) is 0 Å². The van der Waals surface area contributed by atoms with Crippen molar-refractivity contribution >= 4 is 25.3 Å². The van der Waals surface area contributed by atoms with Crippen LogP contribution in [0.3, 0.4) is 0 Å². The second kappa shape index (κ2) is 6.97. The van der Waals surface area contributed by atoms with Crippen LogP contribution in [0.25, 0.3) is 6.08 Å². The minimum Gasteiger partial charge on any atom is -0.306 e. The first-order valence-electron chi connectivity index (χ1n) is 5.43. The maximum Gasteiger partial charge on any atom is 0.354 e. The lowest BCUT2D eigenvalue weighted by Crippen LogP contribution is -1.92. The maximum absolute atomic E-state index is 12.1. The van der Waals surface area contributed by atoms with Crippen LogP contribution in [0.15, 0.2) is 30.1 Å². The van der Waals surface area contributed by atoms with E-state index in [-0.39, 0.29) is 0 Å². The Morgan fingerprint density at radius 2 is 1.71 bits per heavy atom. The predicted octanol–water partition coefficient (Wildman–Crippen LogP) is 4.58. The zero-order valence-corrected chi connectivity index (χ0v) is 11.6. The van der Waals surface area contributed by atoms with Gasteiger partial charge in [0.15, 0.2) is 0 Å². The highest BCUT2D eigenvalue weighted by molar-refractivity contribution is 7.57. The van der Waals surface area contributed by atoms with E-state index in [4.69, 9.17) is 20.6 Å². The molecule has 0 saturated heterocycles. The molecule has 0 N–H and O–H groups in total. The normalized spacial score (nSPS) is 12.2. The number of benzene rings is 1. The Kier molecular flexibility index (Phi) is 5.93. The van der Waals surface area contributed by atoms with Gasteiger partial charge in [-0.05, 0) is 37.6 Å². The molecule has 1 aromatic carbocycles. The van der Waals surface area contributed by atoms with Crippen molar-refractivity contribution in [3.8, 4) is 0 Å². The van der Waals surface area contributed by atoms with E-state index in [1.54, 1.807) is 32.1 Å². The Hall–Kier alpha value is -0.600. The van der Waals surface area contributed by atoms with E-state index >= 15 is 0 Å². The van der Waals surface area contributed by atoms with Crippen molar-refractivity contribution in [2.24, 2.45) is 0 Å². The fourth-order valence-electron chi connectivity index (χ4n) is 1.23. The Balaban J connectivity index is 2.79. The van der Waals surface area contributed by atoms with Crippen LogP contribution < -0.4 is 0 Å². The maximum atomic E-state index is 12.1. The molecule has 1 rings (SSSR count). The molecule has 0 atom stereocenters. The Bertz CT molecular complexity index is 404. The lowest BCUT2D eigenvalue weighted by atomic mass is 10.2. The molecule has 0 bridgehead atoms. The first-order valence-corrected chi connectivity index (χ1v) is 7.42. The van der Waals surface area contributed by atoms with E-state index in [0.717, 1.165) is 5.56 Å². The zero-order valence-electron chi connectivity index (χ0n) is 9.93. The second-order valence-corrected chi connectivity index (χ2v) is 5.57. The lowest BCUT2D eigenvalue weighted by molar-refractivity contribution is 0.229. The number of hydrogen-bond acceptors (Lipinski definition) is 3. The van der Waals surface area contributed by atoms with Crippen LogP contribution in [0.5, 0.6) is 0 Å². The van der Waals surface area contributed by atoms with E-state index in [9.17, 15) is 4.57 Å². The summed E-state index contributed by atoms with van der Waals surface area (Å²) in [6.07, 6.45) is 1.71. The molecule has 3 nitrogen and oxygen atoms in total. The van der Waals surface area contributed by atoms with Gasteiger partial charge >= 0.3 is 7.60 Å². The fraction of sp³-hybridized carbons (Fsp3) is 0.333. The Morgan fingerprint density at radius 3 is 2.18 bits per heavy atom. The van der Waals surface area contributed by atoms with Crippen molar-refractivity contribution < 1.29 is 13.6 Å². The monoisotopic (exact) mass is 274 g/mol. The van der Waals surface area contributed by atoms with E-state index in [1.165, 1.54) is 5.82 Å². The van der Waals surface area contributed by atoms with E-state index < -0.39 is 7.60 Å². The smallest absolute Gasteiger partial charge is 0.306 e. The molecule has 0 heterocycles. The van der Waals surface area contributed by atoms with Crippen molar-refractivity contribution in [1.82, 2.24) is 0 Å². The molecule has 17 heavy (non-hydrogen) atoms. The first kappa shape index (κ1) is 14.5. The van der Waals surface area contributed by atoms with Gasteiger partial charge < -0.3 is 9.05 Å². The topological polar surface area (TPSA) is 35.5 Å². The molecule has 0 fully saturated rings. The summed E-state index contributed by atoms with van der Waals surface area (Å²) in [6, 6.07) is 7.21. The van der Waals surface area contributed by atoms with Crippen molar-refractivity contribution in [3.05, 3.63) is 40.7 Å². The fourth-order valence-corrected chi connectivity index (χ4v) is 2.68. The van der Waals surface area contributed by atoms with Crippen LogP contribution in [0.2, 0.25) is 5.02 Å². The average molecular weight is 275 g/mol. The van der Waals surface area contributed by atoms with Gasteiger partial charge in [0.25, 0.3) is 0 Å². The zero-order chi connectivity index (χ0) is 12.7. The van der Waals surface area contributed by atoms with Crippen LogP contribution in [0.4, 0.5) is 0 Å². The van der Waals surface area contributed by atoms with E-state index in [0.29, 0.717) is 18.2 Å². The third-order valence-corrected chi connectivity index (χ3v) is 3.94. The molecular formula is C12H16ClO3P. The molecule has 0 unspecified atom stereocenters. The summed E-state index contributed by atoms with van der Waals surface area (Å²) in [5.41, 5.74) is 0.897. The molecule has 0 aliphatic rings. The SMILES string of the molecule is CCOP(=O)(/C=C/c1ccc(Cl)cc1)OCC. The lowest BCUT2D eigenvalue weighted by Gasteiger charge is -2.12. The van der Waals surface area contributed by atoms with Crippen molar-refractivity contribution in [2.75, 3.05) is 13.2 Å². The summed E-state index contributed by atoms with van der Waals surface area (Å²) in [5, 5.41) is 0.667. The molecule has 0 aliphatic heterocycles. The largest absolute Gasteiger partial charge is 0.354 e. The average Bonchev–Trinajstić information content (AvgIpc) is 2.29. The van der Waals surface area contributed by atoms with Gasteiger partial charge in [0.2, 0.25) is 0 Å². The van der Waals surface area contributed by atoms with E-state index in [2.05, 4.69) is 0 Å². The van der Waals surface area contributed by atoms with Crippen molar-refractivity contribution in [3.63, 3.8) is 0 Å². The van der Waals surface area contributed by atoms with Gasteiger partial charge in [-0.15, -0.1) is 0 Å². The molecule has 0 aromatic heterocycles. The molecule has 1 aromatic rings. The molecule has 0 amide bonds. The van der Waals surface area contributed by atoms with Gasteiger partial charge in [0, 0.05) is 10.8 Å². The van der Waals surface area contributed by atoms with Crippen LogP contribution in [-0.4, -0.2) is 13.2 Å². The van der Waals surface area contributed by atoms with Crippen LogP contribution in [-0.2, 0) is 13.6 Å². The number of hydrogen-bond donors (Lipinski definition) is 0. The van der Waals surface area contributed by atoms with Gasteiger partial charge in [-0.1, -0.05) is 23.7 Å². The summed E-state index contributed by atoms with van der Waals surface area (Å²) < 4.78 is 22.4. The molecular weight excluding hydrogens is 259 g/mol. The third-order valence-electron chi connectivity index (χ3n) is 1.94. The molecule has 0 saturated carbocycles. The highest BCUT2D eigenvalue weighted by Crippen LogP contribution is 2.50. The summed E-state index contributed by atoms with van der Waals surface area (Å²) in [4.78, 5) is 0. The number of halogens is 1. The second-order valence-electron chi connectivity index (χ2n) is 3.24. The summed E-state index contributed by atoms with van der Waals surface area (Å²) >= 11 is 5.77. The standard InChI is InChI=1S/C12H16ClO3P/c1-3-15-17(14,16-4-2)10-9-11-5-7-12(13)8-6-11/h5-10H,3-4H2,1-2H3/b10-9+. The van der Waals surface area contributed by atoms with Gasteiger partial charge in [-0.2, -0.15) is 0 Å². The summed E-state index contributed by atoms with van der Waals surface area (Å²) in [6.45, 7) is 4.26. The van der Waals surface area contributed by atoms with Crippen LogP contribution in [0, 0.1) is 0 Å². The highest BCUT2D eigenvalue weighted by Gasteiger charge is 2.18. The minimum absolute atomic E-state index is 0.349. The van der Waals surface area contributed by atoms with Gasteiger partial charge in [0.1, 0.15) is 0 Å². The number of rotatable bonds is 6. The highest BCUT2D eigenvalue weighted by atomic mass is 35.5. The molecule has 0 aliphatic carbocycles. The Morgan fingerprint density at radius 1 is 1.18 bits per heavy atom. The molecule has 0 radical (unpaired) electrons. The summed E-state index contributed by atoms with van der Waals surface area (Å²) in [5.74, 6) is 1.48. The third kappa shape index (κ3) is 5.05. The van der Waals surface area contributed by atoms with Crippen LogP contribution in [0.1, 0.15) is 19.4 Å². The molecule has 5 heteroatoms. The Labute approximate surface area is 107 Å². The van der Waals surface area contributed by atoms with Gasteiger partial charge in [0.05, 0.1) is 13.2 Å². The molecule has 0 spiro atoms. The van der Waals surface area contributed by atoms with Gasteiger partial charge in [-0.3, -0.25) is 4.57 Å². The van der Waals surface area contributed by atoms with Crippen LogP contribution >= 0.6 is 19.2 Å². The van der Waals surface area contributed by atoms with Crippen molar-refractivity contribution in [2.45, 2.75) is 13.8 Å². The molecule has 94 valence electrons. The quantitative estimate of drug-likeness (QED) is 0.713. The van der Waals surface area contributed by atoms with Crippen molar-refractivity contribution in [1.29, 1.82) is 0 Å². The van der Waals surface area contributed by atoms with E-state index in [1.807, 2.05) is 12.1 Å².